The first-order valence-electron chi connectivity index (χ1n) is 5.29. The molecule has 6 heteroatoms. The Bertz CT molecular complexity index is 348. The number of aryl methyl sites for hydroxylation is 1. The summed E-state index contributed by atoms with van der Waals surface area (Å²) < 4.78 is 5.43. The van der Waals surface area contributed by atoms with Gasteiger partial charge in [0.15, 0.2) is 0 Å². The number of oxime groups is 1. The van der Waals surface area contributed by atoms with Gasteiger partial charge in [-0.25, -0.2) is 4.98 Å². The average Bonchev–Trinajstić information content (AvgIpc) is 2.74. The molecule has 0 fully saturated rings. The molecule has 1 aromatic heterocycles. The van der Waals surface area contributed by atoms with Crippen LogP contribution in [-0.4, -0.2) is 22.1 Å². The summed E-state index contributed by atoms with van der Waals surface area (Å²) in [4.78, 5) is 4.12. The molecule has 1 heterocycles. The van der Waals surface area contributed by atoms with Crippen LogP contribution in [0.2, 0.25) is 0 Å². The first kappa shape index (κ1) is 12.5. The van der Waals surface area contributed by atoms with Gasteiger partial charge in [-0.15, -0.1) is 0 Å². The van der Waals surface area contributed by atoms with Crippen molar-refractivity contribution in [3.05, 3.63) is 17.8 Å². The molecule has 16 heavy (non-hydrogen) atoms. The lowest BCUT2D eigenvalue weighted by Crippen LogP contribution is -2.30. The van der Waals surface area contributed by atoms with Crippen LogP contribution in [0.4, 0.5) is 0 Å². The Labute approximate surface area is 94.5 Å². The van der Waals surface area contributed by atoms with E-state index >= 15 is 0 Å². The van der Waals surface area contributed by atoms with Crippen LogP contribution in [0.15, 0.2) is 15.8 Å². The molecular weight excluding hydrogens is 208 g/mol. The van der Waals surface area contributed by atoms with Gasteiger partial charge in [0.2, 0.25) is 5.89 Å². The Morgan fingerprint density at radius 1 is 1.75 bits per heavy atom. The zero-order valence-electron chi connectivity index (χ0n) is 9.60. The molecule has 90 valence electrons. The number of nitrogens with two attached hydrogens (primary N) is 1. The molecule has 6 nitrogen and oxygen atoms in total. The molecule has 1 aromatic rings. The lowest BCUT2D eigenvalue weighted by atomic mass is 10.2. The minimum atomic E-state index is 0.105. The van der Waals surface area contributed by atoms with Gasteiger partial charge in [0.25, 0.3) is 0 Å². The minimum absolute atomic E-state index is 0.105. The molecular formula is C10H18N4O2. The van der Waals surface area contributed by atoms with E-state index in [1.165, 1.54) is 0 Å². The number of hydrogen-bond acceptors (Lipinski definition) is 5. The number of oxazole rings is 1. The second-order valence-corrected chi connectivity index (χ2v) is 3.65. The molecule has 1 unspecified atom stereocenters. The smallest absolute Gasteiger partial charge is 0.208 e. The van der Waals surface area contributed by atoms with Crippen LogP contribution in [0.25, 0.3) is 0 Å². The van der Waals surface area contributed by atoms with Crippen LogP contribution in [0.1, 0.15) is 31.9 Å². The number of nitrogens with zero attached hydrogens (tertiary/aromatic N) is 2. The predicted octanol–water partition coefficient (Wildman–Crippen LogP) is 0.852. The van der Waals surface area contributed by atoms with E-state index in [9.17, 15) is 0 Å². The topological polar surface area (TPSA) is 96.7 Å². The molecule has 0 saturated carbocycles. The highest BCUT2D eigenvalue weighted by Gasteiger charge is 2.07. The summed E-state index contributed by atoms with van der Waals surface area (Å²) in [6.45, 7) is 4.50. The lowest BCUT2D eigenvalue weighted by Gasteiger charge is -2.10. The first-order chi connectivity index (χ1) is 7.65. The number of aromatic nitrogens is 1. The van der Waals surface area contributed by atoms with Gasteiger partial charge in [-0.1, -0.05) is 12.1 Å². The fourth-order valence-electron chi connectivity index (χ4n) is 1.28. The van der Waals surface area contributed by atoms with Crippen molar-refractivity contribution >= 4 is 5.84 Å². The van der Waals surface area contributed by atoms with E-state index in [2.05, 4.69) is 15.5 Å². The highest BCUT2D eigenvalue weighted by molar-refractivity contribution is 5.80. The van der Waals surface area contributed by atoms with E-state index in [1.807, 2.05) is 13.8 Å². The van der Waals surface area contributed by atoms with E-state index in [0.717, 1.165) is 12.2 Å². The van der Waals surface area contributed by atoms with E-state index < -0.39 is 0 Å². The Balaban J connectivity index is 2.33. The summed E-state index contributed by atoms with van der Waals surface area (Å²) in [5.41, 5.74) is 5.39. The zero-order valence-corrected chi connectivity index (χ0v) is 9.60. The van der Waals surface area contributed by atoms with E-state index in [1.54, 1.807) is 6.20 Å². The highest BCUT2D eigenvalue weighted by atomic mass is 16.4. The monoisotopic (exact) mass is 226 g/mol. The fraction of sp³-hybridized carbons (Fsp3) is 0.600. The Morgan fingerprint density at radius 2 is 2.50 bits per heavy atom. The van der Waals surface area contributed by atoms with Gasteiger partial charge < -0.3 is 20.7 Å². The molecule has 0 aliphatic carbocycles. The number of rotatable bonds is 6. The zero-order chi connectivity index (χ0) is 12.0. The van der Waals surface area contributed by atoms with Crippen molar-refractivity contribution in [3.8, 4) is 0 Å². The maximum Gasteiger partial charge on any atom is 0.208 e. The van der Waals surface area contributed by atoms with Crippen LogP contribution < -0.4 is 11.1 Å². The van der Waals surface area contributed by atoms with Crippen molar-refractivity contribution in [2.45, 2.75) is 39.3 Å². The Morgan fingerprint density at radius 3 is 3.06 bits per heavy atom. The Kier molecular flexibility index (Phi) is 4.78. The van der Waals surface area contributed by atoms with Gasteiger partial charge in [-0.3, -0.25) is 0 Å². The second-order valence-electron chi connectivity index (χ2n) is 3.65. The van der Waals surface area contributed by atoms with E-state index in [0.29, 0.717) is 18.9 Å². The minimum Gasteiger partial charge on any atom is -0.444 e. The van der Waals surface area contributed by atoms with Crippen LogP contribution in [0, 0.1) is 0 Å². The first-order valence-corrected chi connectivity index (χ1v) is 5.29. The summed E-state index contributed by atoms with van der Waals surface area (Å²) in [7, 11) is 0. The van der Waals surface area contributed by atoms with Crippen molar-refractivity contribution in [2.24, 2.45) is 10.9 Å². The van der Waals surface area contributed by atoms with E-state index in [-0.39, 0.29) is 11.9 Å². The summed E-state index contributed by atoms with van der Waals surface area (Å²) in [6.07, 6.45) is 3.05. The Hall–Kier alpha value is -1.56. The van der Waals surface area contributed by atoms with Crippen molar-refractivity contribution < 1.29 is 9.62 Å². The average molecular weight is 226 g/mol. The summed E-state index contributed by atoms with van der Waals surface area (Å²) in [6, 6.07) is 0.105. The van der Waals surface area contributed by atoms with E-state index in [4.69, 9.17) is 15.4 Å². The molecule has 1 rings (SSSR count). The highest BCUT2D eigenvalue weighted by Crippen LogP contribution is 2.04. The molecule has 0 bridgehead atoms. The second kappa shape index (κ2) is 6.12. The summed E-state index contributed by atoms with van der Waals surface area (Å²) in [5, 5.41) is 14.5. The molecule has 1 atom stereocenters. The quantitative estimate of drug-likeness (QED) is 0.289. The maximum absolute atomic E-state index is 8.41. The third-order valence-electron chi connectivity index (χ3n) is 2.20. The lowest BCUT2D eigenvalue weighted by molar-refractivity contribution is 0.315. The molecule has 0 aliphatic rings. The number of hydrogen-bond donors (Lipinski definition) is 3. The number of amidine groups is 1. The van der Waals surface area contributed by atoms with Crippen molar-refractivity contribution in [3.63, 3.8) is 0 Å². The predicted molar refractivity (Wildman–Crippen MR) is 60.2 cm³/mol. The third-order valence-corrected chi connectivity index (χ3v) is 2.20. The van der Waals surface area contributed by atoms with Gasteiger partial charge in [0.1, 0.15) is 11.6 Å². The summed E-state index contributed by atoms with van der Waals surface area (Å²) >= 11 is 0. The molecule has 0 amide bonds. The maximum atomic E-state index is 8.41. The van der Waals surface area contributed by atoms with Crippen LogP contribution in [0.5, 0.6) is 0 Å². The third kappa shape index (κ3) is 3.90. The van der Waals surface area contributed by atoms with Gasteiger partial charge in [-0.2, -0.15) is 0 Å². The molecule has 0 aliphatic heterocycles. The summed E-state index contributed by atoms with van der Waals surface area (Å²) in [5.74, 6) is 1.74. The normalized spacial score (nSPS) is 14.0. The van der Waals surface area contributed by atoms with Crippen LogP contribution in [-0.2, 0) is 13.0 Å². The fourth-order valence-corrected chi connectivity index (χ4v) is 1.28. The SMILES string of the molecule is CCc1cnc(CNC(C)CC(N)=NO)o1. The van der Waals surface area contributed by atoms with Gasteiger partial charge in [-0.05, 0) is 6.92 Å². The van der Waals surface area contributed by atoms with Crippen LogP contribution >= 0.6 is 0 Å². The van der Waals surface area contributed by atoms with Gasteiger partial charge >= 0.3 is 0 Å². The van der Waals surface area contributed by atoms with Gasteiger partial charge in [0.05, 0.1) is 12.7 Å². The molecule has 0 spiro atoms. The molecule has 4 N–H and O–H groups in total. The molecule has 0 aromatic carbocycles. The van der Waals surface area contributed by atoms with Crippen LogP contribution in [0.3, 0.4) is 0 Å². The van der Waals surface area contributed by atoms with Crippen molar-refractivity contribution in [1.82, 2.24) is 10.3 Å². The largest absolute Gasteiger partial charge is 0.444 e. The van der Waals surface area contributed by atoms with Gasteiger partial charge in [0, 0.05) is 18.9 Å². The standard InChI is InChI=1S/C10H18N4O2/c1-3-8-5-13-10(16-8)6-12-7(2)4-9(11)14-15/h5,7,12,15H,3-4,6H2,1-2H3,(H2,11,14). The molecule has 0 saturated heterocycles. The van der Waals surface area contributed by atoms with Crippen molar-refractivity contribution in [2.75, 3.05) is 0 Å². The van der Waals surface area contributed by atoms with Crippen molar-refractivity contribution in [1.29, 1.82) is 0 Å². The number of nitrogens with one attached hydrogen (secondary N) is 1. The molecule has 0 radical (unpaired) electrons.